The standard InChI is InChI=1S/C32H42N8OS/c1-25-24-26(2)35-30(34-25)36-31(37-32(42)33-14-9-15-38-20-22-41-23-21-38)40-18-16-39(17-19-40)29(27-10-5-3-6-11-27)28-12-7-4-8-13-28/h3-8,10-13,24,29H,9,14-23H2,1-2H3,(H2,33,34,35,36,37,42). The first-order valence-corrected chi connectivity index (χ1v) is 15.3. The van der Waals surface area contributed by atoms with Crippen LogP contribution in [0.5, 0.6) is 0 Å². The van der Waals surface area contributed by atoms with Gasteiger partial charge in [0.15, 0.2) is 5.11 Å². The Balaban J connectivity index is 1.27. The van der Waals surface area contributed by atoms with Crippen LogP contribution < -0.4 is 10.6 Å². The monoisotopic (exact) mass is 586 g/mol. The number of hydrogen-bond donors (Lipinski definition) is 2. The number of ether oxygens (including phenoxy) is 1. The average Bonchev–Trinajstić information content (AvgIpc) is 3.01. The summed E-state index contributed by atoms with van der Waals surface area (Å²) in [4.78, 5) is 21.3. The summed E-state index contributed by atoms with van der Waals surface area (Å²) in [7, 11) is 0. The maximum absolute atomic E-state index is 5.68. The smallest absolute Gasteiger partial charge is 0.229 e. The minimum atomic E-state index is 0.194. The van der Waals surface area contributed by atoms with Gasteiger partial charge in [0.1, 0.15) is 0 Å². The molecule has 5 rings (SSSR count). The van der Waals surface area contributed by atoms with E-state index in [1.807, 2.05) is 19.9 Å². The number of aryl methyl sites for hydroxylation is 2. The SMILES string of the molecule is Cc1cc(C)nc(N/C(=N\C(=S)NCCCN2CCOCC2)N2CCN(C(c3ccccc3)c3ccccc3)CC2)n1. The summed E-state index contributed by atoms with van der Waals surface area (Å²) < 4.78 is 5.45. The van der Waals surface area contributed by atoms with Crippen LogP contribution in [-0.4, -0.2) is 101 Å². The van der Waals surface area contributed by atoms with Gasteiger partial charge in [0.2, 0.25) is 11.9 Å². The second-order valence-electron chi connectivity index (χ2n) is 10.8. The number of morpholine rings is 1. The van der Waals surface area contributed by atoms with Crippen LogP contribution in [0.3, 0.4) is 0 Å². The van der Waals surface area contributed by atoms with Gasteiger partial charge in [-0.1, -0.05) is 60.7 Å². The third-order valence-electron chi connectivity index (χ3n) is 7.65. The molecular formula is C32H42N8OS. The van der Waals surface area contributed by atoms with Gasteiger partial charge in [-0.25, -0.2) is 9.97 Å². The number of guanidine groups is 1. The Morgan fingerprint density at radius 3 is 2.07 bits per heavy atom. The number of hydrogen-bond acceptors (Lipinski definition) is 6. The largest absolute Gasteiger partial charge is 0.379 e. The third kappa shape index (κ3) is 8.54. The van der Waals surface area contributed by atoms with E-state index in [-0.39, 0.29) is 6.04 Å². The lowest BCUT2D eigenvalue weighted by Crippen LogP contribution is -2.52. The highest BCUT2D eigenvalue weighted by Gasteiger charge is 2.28. The Hall–Kier alpha value is -3.44. The fourth-order valence-electron chi connectivity index (χ4n) is 5.59. The lowest BCUT2D eigenvalue weighted by Gasteiger charge is -2.40. The van der Waals surface area contributed by atoms with Crippen LogP contribution in [0.1, 0.15) is 35.0 Å². The Kier molecular flexibility index (Phi) is 10.8. The summed E-state index contributed by atoms with van der Waals surface area (Å²) in [5.74, 6) is 1.22. The van der Waals surface area contributed by atoms with Crippen LogP contribution in [0.25, 0.3) is 0 Å². The van der Waals surface area contributed by atoms with Crippen molar-refractivity contribution in [2.24, 2.45) is 4.99 Å². The molecule has 2 fully saturated rings. The number of rotatable bonds is 8. The van der Waals surface area contributed by atoms with Gasteiger partial charge < -0.3 is 15.0 Å². The van der Waals surface area contributed by atoms with E-state index in [0.29, 0.717) is 17.0 Å². The number of aromatic nitrogens is 2. The molecular weight excluding hydrogens is 544 g/mol. The fraction of sp³-hybridized carbons (Fsp3) is 0.438. The summed E-state index contributed by atoms with van der Waals surface area (Å²) in [6, 6.07) is 23.7. The van der Waals surface area contributed by atoms with Gasteiger partial charge in [0.25, 0.3) is 0 Å². The molecule has 3 heterocycles. The highest BCUT2D eigenvalue weighted by molar-refractivity contribution is 7.80. The van der Waals surface area contributed by atoms with E-state index in [4.69, 9.17) is 21.9 Å². The normalized spacial score (nSPS) is 16.9. The second-order valence-corrected chi connectivity index (χ2v) is 11.2. The summed E-state index contributed by atoms with van der Waals surface area (Å²) >= 11 is 5.68. The molecule has 1 aromatic heterocycles. The van der Waals surface area contributed by atoms with E-state index in [0.717, 1.165) is 83.4 Å². The minimum absolute atomic E-state index is 0.194. The highest BCUT2D eigenvalue weighted by Crippen LogP contribution is 2.29. The van der Waals surface area contributed by atoms with E-state index in [2.05, 4.69) is 96.0 Å². The summed E-state index contributed by atoms with van der Waals surface area (Å²) in [6.45, 7) is 12.7. The summed E-state index contributed by atoms with van der Waals surface area (Å²) in [5.41, 5.74) is 4.42. The van der Waals surface area contributed by atoms with Crippen LogP contribution in [0.4, 0.5) is 5.95 Å². The van der Waals surface area contributed by atoms with Gasteiger partial charge in [-0.05, 0) is 56.2 Å². The molecule has 0 spiro atoms. The molecule has 9 nitrogen and oxygen atoms in total. The average molecular weight is 587 g/mol. The van der Waals surface area contributed by atoms with Gasteiger partial charge in [-0.15, -0.1) is 0 Å². The first-order chi connectivity index (χ1) is 20.5. The van der Waals surface area contributed by atoms with Crippen molar-refractivity contribution < 1.29 is 4.74 Å². The van der Waals surface area contributed by atoms with E-state index >= 15 is 0 Å². The van der Waals surface area contributed by atoms with Crippen molar-refractivity contribution in [1.29, 1.82) is 0 Å². The molecule has 0 amide bonds. The van der Waals surface area contributed by atoms with E-state index in [1.165, 1.54) is 11.1 Å². The van der Waals surface area contributed by atoms with Crippen LogP contribution in [-0.2, 0) is 4.74 Å². The number of benzene rings is 2. The zero-order valence-electron chi connectivity index (χ0n) is 24.7. The molecule has 10 heteroatoms. The molecule has 2 aliphatic heterocycles. The van der Waals surface area contributed by atoms with Gasteiger partial charge >= 0.3 is 0 Å². The number of nitrogens with one attached hydrogen (secondary N) is 2. The molecule has 0 aliphatic carbocycles. The Bertz CT molecular complexity index is 1250. The molecule has 42 heavy (non-hydrogen) atoms. The molecule has 3 aromatic rings. The van der Waals surface area contributed by atoms with Crippen LogP contribution >= 0.6 is 12.2 Å². The fourth-order valence-corrected chi connectivity index (χ4v) is 5.78. The topological polar surface area (TPSA) is 81.1 Å². The van der Waals surface area contributed by atoms with Crippen molar-refractivity contribution >= 4 is 29.2 Å². The Morgan fingerprint density at radius 2 is 1.48 bits per heavy atom. The van der Waals surface area contributed by atoms with Crippen molar-refractivity contribution in [1.82, 2.24) is 30.0 Å². The summed E-state index contributed by atoms with van der Waals surface area (Å²) in [5, 5.41) is 7.21. The number of anilines is 1. The molecule has 0 unspecified atom stereocenters. The van der Waals surface area contributed by atoms with Gasteiger partial charge in [0, 0.05) is 57.2 Å². The molecule has 0 saturated carbocycles. The first kappa shape index (κ1) is 30.0. The lowest BCUT2D eigenvalue weighted by atomic mass is 9.96. The summed E-state index contributed by atoms with van der Waals surface area (Å²) in [6.07, 6.45) is 0.998. The molecule has 0 atom stereocenters. The van der Waals surface area contributed by atoms with Gasteiger partial charge in [0.05, 0.1) is 19.3 Å². The maximum atomic E-state index is 5.68. The number of thiocarbonyl (C=S) groups is 1. The first-order valence-electron chi connectivity index (χ1n) is 14.9. The molecule has 2 saturated heterocycles. The van der Waals surface area contributed by atoms with Crippen molar-refractivity contribution in [3.8, 4) is 0 Å². The van der Waals surface area contributed by atoms with Crippen LogP contribution in [0, 0.1) is 13.8 Å². The van der Waals surface area contributed by atoms with Crippen molar-refractivity contribution in [2.75, 3.05) is 70.9 Å². The predicted octanol–water partition coefficient (Wildman–Crippen LogP) is 3.87. The highest BCUT2D eigenvalue weighted by atomic mass is 32.1. The van der Waals surface area contributed by atoms with E-state index in [9.17, 15) is 0 Å². The van der Waals surface area contributed by atoms with Crippen molar-refractivity contribution in [3.05, 3.63) is 89.2 Å². The third-order valence-corrected chi connectivity index (χ3v) is 7.89. The van der Waals surface area contributed by atoms with Crippen molar-refractivity contribution in [2.45, 2.75) is 26.3 Å². The van der Waals surface area contributed by atoms with E-state index in [1.54, 1.807) is 0 Å². The van der Waals surface area contributed by atoms with Crippen molar-refractivity contribution in [3.63, 3.8) is 0 Å². The van der Waals surface area contributed by atoms with Gasteiger partial charge in [-0.3, -0.25) is 15.1 Å². The predicted molar refractivity (Wildman–Crippen MR) is 173 cm³/mol. The van der Waals surface area contributed by atoms with E-state index < -0.39 is 0 Å². The molecule has 0 bridgehead atoms. The number of piperazine rings is 1. The number of aliphatic imine (C=N–C) groups is 1. The van der Waals surface area contributed by atoms with Gasteiger partial charge in [-0.2, -0.15) is 4.99 Å². The molecule has 2 N–H and O–H groups in total. The minimum Gasteiger partial charge on any atom is -0.379 e. The molecule has 2 aromatic carbocycles. The molecule has 222 valence electrons. The Morgan fingerprint density at radius 1 is 0.881 bits per heavy atom. The zero-order chi connectivity index (χ0) is 29.1. The zero-order valence-corrected chi connectivity index (χ0v) is 25.5. The maximum Gasteiger partial charge on any atom is 0.229 e. The quantitative estimate of drug-likeness (QED) is 0.177. The molecule has 2 aliphatic rings. The van der Waals surface area contributed by atoms with Crippen LogP contribution in [0.2, 0.25) is 0 Å². The lowest BCUT2D eigenvalue weighted by molar-refractivity contribution is 0.0376. The van der Waals surface area contributed by atoms with Crippen LogP contribution in [0.15, 0.2) is 71.7 Å². The second kappa shape index (κ2) is 15.2. The number of nitrogens with zero attached hydrogens (tertiary/aromatic N) is 6. The molecule has 0 radical (unpaired) electrons. The Labute approximate surface area is 255 Å².